The second-order valence-electron chi connectivity index (χ2n) is 9.23. The highest BCUT2D eigenvalue weighted by atomic mass is 19.4. The van der Waals surface area contributed by atoms with Gasteiger partial charge in [0.1, 0.15) is 11.2 Å². The molecule has 0 unspecified atom stereocenters. The average molecular weight is 400 g/mol. The number of aliphatic hydroxyl groups is 1. The Labute approximate surface area is 162 Å². The van der Waals surface area contributed by atoms with Crippen molar-refractivity contribution in [2.45, 2.75) is 72.2 Å². The van der Waals surface area contributed by atoms with Crippen molar-refractivity contribution in [3.8, 4) is 0 Å². The van der Waals surface area contributed by atoms with E-state index in [1.165, 1.54) is 10.6 Å². The van der Waals surface area contributed by atoms with E-state index in [9.17, 15) is 23.1 Å². The maximum Gasteiger partial charge on any atom is 0.433 e. The Bertz CT molecular complexity index is 887. The lowest BCUT2D eigenvalue weighted by Gasteiger charge is -2.36. The number of carbonyl (C=O) groups is 1. The fourth-order valence-corrected chi connectivity index (χ4v) is 2.58. The molecule has 0 saturated carbocycles. The van der Waals surface area contributed by atoms with Crippen molar-refractivity contribution in [1.82, 2.24) is 14.5 Å². The van der Waals surface area contributed by atoms with Gasteiger partial charge < -0.3 is 5.11 Å². The maximum absolute atomic E-state index is 13.1. The zero-order chi connectivity index (χ0) is 21.7. The zero-order valence-corrected chi connectivity index (χ0v) is 17.2. The Morgan fingerprint density at radius 2 is 1.64 bits per heavy atom. The fraction of sp³-hybridized carbons (Fsp3) is 0.632. The molecule has 2 aromatic rings. The van der Waals surface area contributed by atoms with Crippen molar-refractivity contribution in [3.63, 3.8) is 0 Å². The molecule has 2 aromatic heterocycles. The zero-order valence-electron chi connectivity index (χ0n) is 17.2. The molecule has 0 bridgehead atoms. The number of imidazole rings is 1. The van der Waals surface area contributed by atoms with Crippen molar-refractivity contribution in [1.29, 1.82) is 0 Å². The molecule has 0 aliphatic rings. The van der Waals surface area contributed by atoms with Crippen LogP contribution >= 0.6 is 0 Å². The van der Waals surface area contributed by atoms with Crippen LogP contribution in [-0.2, 0) is 16.5 Å². The summed E-state index contributed by atoms with van der Waals surface area (Å²) in [7, 11) is 0. The van der Waals surface area contributed by atoms with Crippen LogP contribution in [0.4, 0.5) is 19.1 Å². The number of hydrogen-bond acceptors (Lipinski definition) is 4. The number of hydrogen-bond donors (Lipinski definition) is 2. The van der Waals surface area contributed by atoms with Crippen LogP contribution in [0.25, 0.3) is 11.2 Å². The number of carbonyl (C=O) groups excluding carboxylic acids is 1. The molecule has 1 amide bonds. The maximum atomic E-state index is 13.1. The molecule has 0 spiro atoms. The number of nitrogens with zero attached hydrogens (tertiary/aromatic N) is 3. The summed E-state index contributed by atoms with van der Waals surface area (Å²) in [5, 5.41) is 13.2. The minimum absolute atomic E-state index is 0.0280. The van der Waals surface area contributed by atoms with Gasteiger partial charge in [0, 0.05) is 5.54 Å². The molecular formula is C19H27F3N4O2. The largest absolute Gasteiger partial charge is 0.433 e. The number of nitrogens with one attached hydrogen (secondary N) is 1. The van der Waals surface area contributed by atoms with Gasteiger partial charge in [-0.25, -0.2) is 9.97 Å². The summed E-state index contributed by atoms with van der Waals surface area (Å²) in [4.78, 5) is 20.5. The monoisotopic (exact) mass is 400 g/mol. The summed E-state index contributed by atoms with van der Waals surface area (Å²) in [6, 6.07) is 2.09. The first-order valence-electron chi connectivity index (χ1n) is 8.93. The van der Waals surface area contributed by atoms with Gasteiger partial charge in [-0.3, -0.25) is 14.7 Å². The van der Waals surface area contributed by atoms with E-state index in [1.807, 2.05) is 20.8 Å². The third-order valence-corrected chi connectivity index (χ3v) is 4.84. The van der Waals surface area contributed by atoms with Crippen LogP contribution in [0.5, 0.6) is 0 Å². The quantitative estimate of drug-likeness (QED) is 0.804. The molecule has 0 aromatic carbocycles. The summed E-state index contributed by atoms with van der Waals surface area (Å²) in [6.07, 6.45) is -4.78. The van der Waals surface area contributed by atoms with Crippen molar-refractivity contribution >= 4 is 23.0 Å². The van der Waals surface area contributed by atoms with Gasteiger partial charge in [0.2, 0.25) is 11.9 Å². The van der Waals surface area contributed by atoms with E-state index >= 15 is 0 Å². The smallest absolute Gasteiger partial charge is 0.389 e. The lowest BCUT2D eigenvalue weighted by Crippen LogP contribution is -2.43. The Morgan fingerprint density at radius 1 is 1.07 bits per heavy atom. The number of fused-ring (bicyclic) bond motifs is 1. The highest BCUT2D eigenvalue weighted by Crippen LogP contribution is 2.34. The van der Waals surface area contributed by atoms with Gasteiger partial charge in [0.05, 0.1) is 12.0 Å². The number of anilines is 1. The van der Waals surface area contributed by atoms with Crippen molar-refractivity contribution in [2.24, 2.45) is 5.41 Å². The summed E-state index contributed by atoms with van der Waals surface area (Å²) in [5.74, 6) is -0.402. The normalized spacial score (nSPS) is 15.5. The van der Waals surface area contributed by atoms with Gasteiger partial charge >= 0.3 is 6.18 Å². The minimum Gasteiger partial charge on any atom is -0.389 e. The van der Waals surface area contributed by atoms with Crippen molar-refractivity contribution in [2.75, 3.05) is 5.32 Å². The van der Waals surface area contributed by atoms with E-state index in [-0.39, 0.29) is 23.5 Å². The van der Waals surface area contributed by atoms with E-state index in [4.69, 9.17) is 0 Å². The van der Waals surface area contributed by atoms with Gasteiger partial charge in [0.25, 0.3) is 0 Å². The first kappa shape index (κ1) is 22.1. The van der Waals surface area contributed by atoms with Gasteiger partial charge in [-0.05, 0) is 45.2 Å². The summed E-state index contributed by atoms with van der Waals surface area (Å²) < 4.78 is 40.7. The second kappa shape index (κ2) is 6.72. The summed E-state index contributed by atoms with van der Waals surface area (Å²) >= 11 is 0. The number of aromatic nitrogens is 3. The third-order valence-electron chi connectivity index (χ3n) is 4.84. The molecule has 6 nitrogen and oxygen atoms in total. The lowest BCUT2D eigenvalue weighted by atomic mass is 9.76. The number of rotatable bonds is 3. The van der Waals surface area contributed by atoms with Crippen LogP contribution in [0.1, 0.15) is 60.6 Å². The molecule has 1 atom stereocenters. The standard InChI is InChI=1S/C19H27F3N4O2/c1-16(2,3)18(7,28)10-13(27)25-15-23-11-8-9-12(19(20,21)22)24-14(11)26(15)17(4,5)6/h8-9,28H,10H2,1-7H3,(H,23,25,27)/t18-/m0/s1. The molecular weight excluding hydrogens is 373 g/mol. The van der Waals surface area contributed by atoms with Gasteiger partial charge in [0.15, 0.2) is 5.65 Å². The minimum atomic E-state index is -4.59. The van der Waals surface area contributed by atoms with E-state index in [1.54, 1.807) is 27.7 Å². The van der Waals surface area contributed by atoms with Crippen LogP contribution in [0, 0.1) is 5.41 Å². The predicted octanol–water partition coefficient (Wildman–Crippen LogP) is 4.33. The molecule has 2 heterocycles. The first-order chi connectivity index (χ1) is 12.4. The average Bonchev–Trinajstić information content (AvgIpc) is 2.80. The van der Waals surface area contributed by atoms with Gasteiger partial charge in [-0.2, -0.15) is 13.2 Å². The Kier molecular flexibility index (Phi) is 5.31. The van der Waals surface area contributed by atoms with Gasteiger partial charge in [-0.15, -0.1) is 0 Å². The molecule has 0 saturated heterocycles. The van der Waals surface area contributed by atoms with E-state index in [2.05, 4.69) is 15.3 Å². The molecule has 156 valence electrons. The number of halogens is 3. The van der Waals surface area contributed by atoms with Gasteiger partial charge in [-0.1, -0.05) is 20.8 Å². The lowest BCUT2D eigenvalue weighted by molar-refractivity contribution is -0.141. The number of pyridine rings is 1. The number of amides is 1. The highest BCUT2D eigenvalue weighted by molar-refractivity contribution is 5.91. The molecule has 0 aliphatic heterocycles. The Balaban J connectivity index is 2.49. The van der Waals surface area contributed by atoms with Crippen molar-refractivity contribution in [3.05, 3.63) is 17.8 Å². The molecule has 0 radical (unpaired) electrons. The third kappa shape index (κ3) is 4.45. The van der Waals surface area contributed by atoms with Crippen molar-refractivity contribution < 1.29 is 23.1 Å². The second-order valence-corrected chi connectivity index (χ2v) is 9.23. The molecule has 28 heavy (non-hydrogen) atoms. The van der Waals surface area contributed by atoms with E-state index in [0.717, 1.165) is 6.07 Å². The van der Waals surface area contributed by atoms with Crippen LogP contribution in [0.15, 0.2) is 12.1 Å². The Hall–Kier alpha value is -2.16. The van der Waals surface area contributed by atoms with E-state index in [0.29, 0.717) is 0 Å². The highest BCUT2D eigenvalue weighted by Gasteiger charge is 2.38. The number of alkyl halides is 3. The molecule has 2 rings (SSSR count). The van der Waals surface area contributed by atoms with E-state index < -0.39 is 34.3 Å². The Morgan fingerprint density at radius 3 is 2.11 bits per heavy atom. The van der Waals surface area contributed by atoms with Crippen LogP contribution in [0.3, 0.4) is 0 Å². The molecule has 0 aliphatic carbocycles. The SMILES string of the molecule is CC(C)(C)n1c(NC(=O)C[C@](C)(O)C(C)(C)C)nc2ccc(C(F)(F)F)nc21. The molecule has 9 heteroatoms. The predicted molar refractivity (Wildman–Crippen MR) is 101 cm³/mol. The molecule has 0 fully saturated rings. The van der Waals surface area contributed by atoms with Crippen LogP contribution < -0.4 is 5.32 Å². The van der Waals surface area contributed by atoms with Crippen LogP contribution in [0.2, 0.25) is 0 Å². The molecule has 2 N–H and O–H groups in total. The summed E-state index contributed by atoms with van der Waals surface area (Å²) in [5.41, 5.74) is -3.28. The fourth-order valence-electron chi connectivity index (χ4n) is 2.58. The topological polar surface area (TPSA) is 80.0 Å². The summed E-state index contributed by atoms with van der Waals surface area (Å²) in [6.45, 7) is 12.3. The first-order valence-corrected chi connectivity index (χ1v) is 8.93. The van der Waals surface area contributed by atoms with Crippen LogP contribution in [-0.4, -0.2) is 31.1 Å².